The number of aromatic hydroxyl groups is 1. The van der Waals surface area contributed by atoms with Crippen molar-refractivity contribution in [1.82, 2.24) is 14.8 Å². The number of carbonyl (C=O) groups is 1. The molecule has 8 heteroatoms. The number of primary amides is 1. The van der Waals surface area contributed by atoms with Crippen molar-refractivity contribution in [1.29, 1.82) is 0 Å². The molecule has 0 saturated carbocycles. The van der Waals surface area contributed by atoms with E-state index in [2.05, 4.69) is 10.2 Å². The minimum Gasteiger partial charge on any atom is -0.506 e. The van der Waals surface area contributed by atoms with Crippen LogP contribution in [0.3, 0.4) is 0 Å². The minimum atomic E-state index is -1.00. The Labute approximate surface area is 148 Å². The van der Waals surface area contributed by atoms with Gasteiger partial charge in [-0.2, -0.15) is 0 Å². The second kappa shape index (κ2) is 6.47. The van der Waals surface area contributed by atoms with E-state index in [1.165, 1.54) is 7.05 Å². The van der Waals surface area contributed by atoms with Crippen LogP contribution in [0.4, 0.5) is 0 Å². The summed E-state index contributed by atoms with van der Waals surface area (Å²) in [6.07, 6.45) is 0.0182. The molecule has 0 aliphatic carbocycles. The van der Waals surface area contributed by atoms with Gasteiger partial charge in [0, 0.05) is 12.6 Å². The summed E-state index contributed by atoms with van der Waals surface area (Å²) in [4.78, 5) is 23.7. The highest BCUT2D eigenvalue weighted by atomic mass is 16.5. The summed E-state index contributed by atoms with van der Waals surface area (Å²) < 4.78 is 6.80. The molecular formula is C18H18N4O4. The molecule has 1 amide bonds. The fourth-order valence-corrected chi connectivity index (χ4v) is 2.67. The number of carbonyl (C=O) groups excluding carboxylic acids is 1. The molecule has 26 heavy (non-hydrogen) atoms. The van der Waals surface area contributed by atoms with Crippen molar-refractivity contribution in [3.63, 3.8) is 0 Å². The molecule has 0 fully saturated rings. The van der Waals surface area contributed by atoms with Crippen LogP contribution in [0, 0.1) is 0 Å². The highest BCUT2D eigenvalue weighted by Crippen LogP contribution is 2.29. The molecule has 0 unspecified atom stereocenters. The van der Waals surface area contributed by atoms with Crippen molar-refractivity contribution >= 4 is 16.9 Å². The summed E-state index contributed by atoms with van der Waals surface area (Å²) in [5, 5.41) is 18.7. The van der Waals surface area contributed by atoms with Gasteiger partial charge in [-0.05, 0) is 32.0 Å². The first-order valence-corrected chi connectivity index (χ1v) is 7.96. The summed E-state index contributed by atoms with van der Waals surface area (Å²) in [7, 11) is 1.43. The molecule has 2 heterocycles. The number of amides is 1. The highest BCUT2D eigenvalue weighted by Gasteiger charge is 2.20. The van der Waals surface area contributed by atoms with Gasteiger partial charge in [0.05, 0.1) is 17.2 Å². The van der Waals surface area contributed by atoms with Crippen molar-refractivity contribution in [2.75, 3.05) is 0 Å². The Kier molecular flexibility index (Phi) is 4.33. The Morgan fingerprint density at radius 1 is 1.27 bits per heavy atom. The summed E-state index contributed by atoms with van der Waals surface area (Å²) in [5.41, 5.74) is 5.34. The van der Waals surface area contributed by atoms with Crippen LogP contribution in [-0.2, 0) is 7.05 Å². The molecule has 0 spiro atoms. The lowest BCUT2D eigenvalue weighted by atomic mass is 10.1. The number of aryl methyl sites for hydroxylation is 1. The Morgan fingerprint density at radius 2 is 2.00 bits per heavy atom. The predicted octanol–water partition coefficient (Wildman–Crippen LogP) is 1.59. The van der Waals surface area contributed by atoms with Crippen LogP contribution in [0.2, 0.25) is 0 Å². The van der Waals surface area contributed by atoms with Crippen molar-refractivity contribution < 1.29 is 14.6 Å². The van der Waals surface area contributed by atoms with Crippen LogP contribution < -0.4 is 16.0 Å². The molecule has 3 N–H and O–H groups in total. The third kappa shape index (κ3) is 2.97. The Hall–Kier alpha value is -3.42. The van der Waals surface area contributed by atoms with Crippen molar-refractivity contribution in [3.05, 3.63) is 46.2 Å². The zero-order valence-corrected chi connectivity index (χ0v) is 14.6. The number of hydrogen-bond donors (Lipinski definition) is 2. The average molecular weight is 354 g/mol. The van der Waals surface area contributed by atoms with Gasteiger partial charge in [-0.15, -0.1) is 10.2 Å². The van der Waals surface area contributed by atoms with Gasteiger partial charge in [0.2, 0.25) is 0 Å². The minimum absolute atomic E-state index is 0.0182. The van der Waals surface area contributed by atoms with Crippen molar-refractivity contribution in [2.24, 2.45) is 12.8 Å². The molecule has 134 valence electrons. The van der Waals surface area contributed by atoms with Gasteiger partial charge >= 0.3 is 0 Å². The van der Waals surface area contributed by atoms with E-state index in [1.54, 1.807) is 12.1 Å². The lowest BCUT2D eigenvalue weighted by Crippen LogP contribution is -2.29. The van der Waals surface area contributed by atoms with E-state index in [0.717, 1.165) is 4.57 Å². The molecule has 0 saturated heterocycles. The Bertz CT molecular complexity index is 1070. The number of rotatable bonds is 4. The Balaban J connectivity index is 2.21. The monoisotopic (exact) mass is 354 g/mol. The second-order valence-electron chi connectivity index (χ2n) is 6.11. The van der Waals surface area contributed by atoms with Gasteiger partial charge in [-0.1, -0.05) is 12.1 Å². The third-order valence-electron chi connectivity index (χ3n) is 3.85. The summed E-state index contributed by atoms with van der Waals surface area (Å²) >= 11 is 0. The van der Waals surface area contributed by atoms with Crippen molar-refractivity contribution in [2.45, 2.75) is 20.0 Å². The van der Waals surface area contributed by atoms with Crippen LogP contribution in [-0.4, -0.2) is 31.9 Å². The van der Waals surface area contributed by atoms with E-state index in [9.17, 15) is 14.7 Å². The van der Waals surface area contributed by atoms with Gasteiger partial charge < -0.3 is 15.6 Å². The number of fused-ring (bicyclic) bond motifs is 1. The summed E-state index contributed by atoms with van der Waals surface area (Å²) in [5.74, 6) is -0.834. The molecule has 3 rings (SSSR count). The highest BCUT2D eigenvalue weighted by molar-refractivity contribution is 6.01. The quantitative estimate of drug-likeness (QED) is 0.734. The summed E-state index contributed by atoms with van der Waals surface area (Å²) in [6, 6.07) is 8.80. The average Bonchev–Trinajstić information content (AvgIpc) is 2.59. The van der Waals surface area contributed by atoms with Gasteiger partial charge in [0.15, 0.2) is 5.65 Å². The lowest BCUT2D eigenvalue weighted by molar-refractivity contribution is 0.0996. The number of aromatic nitrogens is 3. The lowest BCUT2D eigenvalue weighted by Gasteiger charge is -2.12. The van der Waals surface area contributed by atoms with E-state index in [4.69, 9.17) is 10.5 Å². The SMILES string of the molecule is CC(C)Oc1cccc(-c2cc3c(O)c(C(N)=O)c(=O)n(C)c3nn2)c1. The smallest absolute Gasteiger partial charge is 0.268 e. The predicted molar refractivity (Wildman–Crippen MR) is 96.2 cm³/mol. The molecule has 3 aromatic rings. The number of benzene rings is 1. The molecule has 0 bridgehead atoms. The molecular weight excluding hydrogens is 336 g/mol. The molecule has 0 aliphatic rings. The van der Waals surface area contributed by atoms with E-state index < -0.39 is 22.8 Å². The standard InChI is InChI=1S/C18H18N4O4/c1-9(2)26-11-6-4-5-10(7-11)13-8-12-15(23)14(16(19)24)18(25)22(3)17(12)21-20-13/h4-9,23H,1-3H3,(H2,19,24). The van der Waals surface area contributed by atoms with Gasteiger partial charge in [-0.25, -0.2) is 0 Å². The number of hydrogen-bond acceptors (Lipinski definition) is 6. The van der Waals surface area contributed by atoms with E-state index in [0.29, 0.717) is 17.0 Å². The zero-order chi connectivity index (χ0) is 19.0. The first kappa shape index (κ1) is 17.4. The fourth-order valence-electron chi connectivity index (χ4n) is 2.67. The van der Waals surface area contributed by atoms with Crippen LogP contribution in [0.1, 0.15) is 24.2 Å². The number of nitrogens with two attached hydrogens (primary N) is 1. The maximum absolute atomic E-state index is 12.2. The third-order valence-corrected chi connectivity index (χ3v) is 3.85. The maximum Gasteiger partial charge on any atom is 0.268 e. The van der Waals surface area contributed by atoms with Crippen molar-refractivity contribution in [3.8, 4) is 22.8 Å². The Morgan fingerprint density at radius 3 is 2.65 bits per heavy atom. The normalized spacial score (nSPS) is 11.1. The topological polar surface area (TPSA) is 120 Å². The molecule has 0 atom stereocenters. The molecule has 0 aliphatic heterocycles. The van der Waals surface area contributed by atoms with E-state index in [1.807, 2.05) is 32.0 Å². The zero-order valence-electron chi connectivity index (χ0n) is 14.6. The second-order valence-corrected chi connectivity index (χ2v) is 6.11. The number of ether oxygens (including phenoxy) is 1. The number of pyridine rings is 1. The van der Waals surface area contributed by atoms with Crippen LogP contribution in [0.25, 0.3) is 22.3 Å². The first-order valence-electron chi connectivity index (χ1n) is 7.96. The van der Waals surface area contributed by atoms with Crippen LogP contribution in [0.5, 0.6) is 11.5 Å². The van der Waals surface area contributed by atoms with E-state index in [-0.39, 0.29) is 17.1 Å². The van der Waals surface area contributed by atoms with Gasteiger partial charge in [0.25, 0.3) is 11.5 Å². The van der Waals surface area contributed by atoms with Crippen LogP contribution >= 0.6 is 0 Å². The van der Waals surface area contributed by atoms with Gasteiger partial charge in [0.1, 0.15) is 17.1 Å². The molecule has 0 radical (unpaired) electrons. The van der Waals surface area contributed by atoms with Crippen LogP contribution in [0.15, 0.2) is 35.1 Å². The fraction of sp³-hybridized carbons (Fsp3) is 0.222. The molecule has 2 aromatic heterocycles. The molecule has 8 nitrogen and oxygen atoms in total. The largest absolute Gasteiger partial charge is 0.506 e. The van der Waals surface area contributed by atoms with Gasteiger partial charge in [-0.3, -0.25) is 14.2 Å². The molecule has 1 aromatic carbocycles. The number of nitrogens with zero attached hydrogens (tertiary/aromatic N) is 3. The maximum atomic E-state index is 12.2. The van der Waals surface area contributed by atoms with E-state index >= 15 is 0 Å². The summed E-state index contributed by atoms with van der Waals surface area (Å²) in [6.45, 7) is 3.85. The first-order chi connectivity index (χ1) is 12.3.